The van der Waals surface area contributed by atoms with Crippen molar-refractivity contribution in [2.24, 2.45) is 7.05 Å². The van der Waals surface area contributed by atoms with Crippen molar-refractivity contribution in [2.45, 2.75) is 6.54 Å². The zero-order chi connectivity index (χ0) is 10.7. The lowest BCUT2D eigenvalue weighted by Gasteiger charge is -2.03. The molecule has 2 aromatic rings. The predicted octanol–water partition coefficient (Wildman–Crippen LogP) is 1.58. The average molecular weight is 268 g/mol. The van der Waals surface area contributed by atoms with Crippen LogP contribution in [-0.4, -0.2) is 19.7 Å². The van der Waals surface area contributed by atoms with Crippen LogP contribution < -0.4 is 5.32 Å². The monoisotopic (exact) mass is 267 g/mol. The highest BCUT2D eigenvalue weighted by Crippen LogP contribution is 2.09. The first kappa shape index (κ1) is 10.1. The van der Waals surface area contributed by atoms with Crippen molar-refractivity contribution in [1.29, 1.82) is 0 Å². The Hall–Kier alpha value is -1.43. The Morgan fingerprint density at radius 3 is 3.00 bits per heavy atom. The standard InChI is InChI=1S/C9H10BrN5/c1-15-9(13-8(10)14-15)12-6-7-3-2-4-11-5-7/h2-5H,6H2,1H3,(H,12,13,14). The van der Waals surface area contributed by atoms with Crippen LogP contribution in [0.3, 0.4) is 0 Å². The third-order valence-electron chi connectivity index (χ3n) is 1.91. The summed E-state index contributed by atoms with van der Waals surface area (Å²) in [6.45, 7) is 0.687. The van der Waals surface area contributed by atoms with Gasteiger partial charge in [-0.2, -0.15) is 4.98 Å². The second-order valence-electron chi connectivity index (χ2n) is 3.04. The second kappa shape index (κ2) is 4.39. The van der Waals surface area contributed by atoms with Gasteiger partial charge in [0.2, 0.25) is 10.7 Å². The van der Waals surface area contributed by atoms with Crippen molar-refractivity contribution in [3.05, 3.63) is 34.8 Å². The number of pyridine rings is 1. The van der Waals surface area contributed by atoms with Gasteiger partial charge >= 0.3 is 0 Å². The first-order valence-corrected chi connectivity index (χ1v) is 5.24. The molecule has 0 aromatic carbocycles. The number of hydrogen-bond acceptors (Lipinski definition) is 4. The molecule has 0 aliphatic carbocycles. The Morgan fingerprint density at radius 1 is 1.53 bits per heavy atom. The minimum Gasteiger partial charge on any atom is -0.350 e. The van der Waals surface area contributed by atoms with Crippen LogP contribution in [0.4, 0.5) is 5.95 Å². The summed E-state index contributed by atoms with van der Waals surface area (Å²) < 4.78 is 2.26. The largest absolute Gasteiger partial charge is 0.350 e. The van der Waals surface area contributed by atoms with E-state index in [1.165, 1.54) is 0 Å². The minimum absolute atomic E-state index is 0.582. The van der Waals surface area contributed by atoms with Crippen LogP contribution in [0.2, 0.25) is 0 Å². The third kappa shape index (κ3) is 2.53. The fourth-order valence-corrected chi connectivity index (χ4v) is 1.60. The van der Waals surface area contributed by atoms with E-state index in [1.807, 2.05) is 25.4 Å². The number of rotatable bonds is 3. The highest BCUT2D eigenvalue weighted by atomic mass is 79.9. The number of aromatic nitrogens is 4. The molecule has 6 heteroatoms. The van der Waals surface area contributed by atoms with Crippen molar-refractivity contribution in [2.75, 3.05) is 5.32 Å². The molecule has 1 N–H and O–H groups in total. The molecule has 0 aliphatic heterocycles. The summed E-state index contributed by atoms with van der Waals surface area (Å²) in [5.74, 6) is 0.728. The highest BCUT2D eigenvalue weighted by Gasteiger charge is 2.03. The molecular weight excluding hydrogens is 258 g/mol. The lowest BCUT2D eigenvalue weighted by Crippen LogP contribution is -2.05. The number of nitrogens with zero attached hydrogens (tertiary/aromatic N) is 4. The number of halogens is 1. The van der Waals surface area contributed by atoms with Crippen molar-refractivity contribution < 1.29 is 0 Å². The summed E-state index contributed by atoms with van der Waals surface area (Å²) in [6, 6.07) is 3.91. The summed E-state index contributed by atoms with van der Waals surface area (Å²) in [5.41, 5.74) is 1.11. The molecule has 0 spiro atoms. The summed E-state index contributed by atoms with van der Waals surface area (Å²) in [4.78, 5) is 8.19. The first-order chi connectivity index (χ1) is 7.25. The predicted molar refractivity (Wildman–Crippen MR) is 60.3 cm³/mol. The van der Waals surface area contributed by atoms with E-state index in [-0.39, 0.29) is 0 Å². The average Bonchev–Trinajstić information content (AvgIpc) is 2.56. The number of hydrogen-bond donors (Lipinski definition) is 1. The molecule has 0 amide bonds. The quantitative estimate of drug-likeness (QED) is 0.918. The number of nitrogens with one attached hydrogen (secondary N) is 1. The van der Waals surface area contributed by atoms with Crippen molar-refractivity contribution >= 4 is 21.9 Å². The molecule has 0 unspecified atom stereocenters. The number of anilines is 1. The molecule has 2 aromatic heterocycles. The molecular formula is C9H10BrN5. The van der Waals surface area contributed by atoms with Gasteiger partial charge in [0.1, 0.15) is 0 Å². The van der Waals surface area contributed by atoms with Crippen LogP contribution in [0.25, 0.3) is 0 Å². The fourth-order valence-electron chi connectivity index (χ4n) is 1.19. The van der Waals surface area contributed by atoms with Gasteiger partial charge in [0.05, 0.1) is 0 Å². The Labute approximate surface area is 95.7 Å². The maximum Gasteiger partial charge on any atom is 0.222 e. The van der Waals surface area contributed by atoms with Gasteiger partial charge in [0.25, 0.3) is 0 Å². The van der Waals surface area contributed by atoms with Gasteiger partial charge in [-0.25, -0.2) is 4.68 Å². The van der Waals surface area contributed by atoms with Crippen molar-refractivity contribution in [3.8, 4) is 0 Å². The van der Waals surface area contributed by atoms with E-state index in [4.69, 9.17) is 0 Å². The van der Waals surface area contributed by atoms with Crippen molar-refractivity contribution in [3.63, 3.8) is 0 Å². The summed E-state index contributed by atoms with van der Waals surface area (Å²) in [5, 5.41) is 7.24. The molecule has 0 radical (unpaired) electrons. The van der Waals surface area contributed by atoms with E-state index in [0.717, 1.165) is 11.5 Å². The van der Waals surface area contributed by atoms with Crippen LogP contribution in [0.15, 0.2) is 29.3 Å². The summed E-state index contributed by atoms with van der Waals surface area (Å²) >= 11 is 3.21. The molecule has 15 heavy (non-hydrogen) atoms. The normalized spacial score (nSPS) is 10.3. The number of aryl methyl sites for hydroxylation is 1. The lowest BCUT2D eigenvalue weighted by molar-refractivity contribution is 0.761. The summed E-state index contributed by atoms with van der Waals surface area (Å²) in [6.07, 6.45) is 3.57. The van der Waals surface area contributed by atoms with Crippen LogP contribution in [-0.2, 0) is 13.6 Å². The summed E-state index contributed by atoms with van der Waals surface area (Å²) in [7, 11) is 1.84. The maximum atomic E-state index is 4.16. The first-order valence-electron chi connectivity index (χ1n) is 4.45. The van der Waals surface area contributed by atoms with E-state index in [2.05, 4.69) is 36.3 Å². The Morgan fingerprint density at radius 2 is 2.40 bits per heavy atom. The van der Waals surface area contributed by atoms with Gasteiger partial charge in [-0.1, -0.05) is 6.07 Å². The lowest BCUT2D eigenvalue weighted by atomic mass is 10.3. The molecule has 2 rings (SSSR count). The van der Waals surface area contributed by atoms with Gasteiger partial charge in [-0.15, -0.1) is 5.10 Å². The zero-order valence-corrected chi connectivity index (χ0v) is 9.77. The SMILES string of the molecule is Cn1nc(Br)nc1NCc1cccnc1. The van der Waals surface area contributed by atoms with E-state index in [9.17, 15) is 0 Å². The fraction of sp³-hybridized carbons (Fsp3) is 0.222. The van der Waals surface area contributed by atoms with Crippen molar-refractivity contribution in [1.82, 2.24) is 19.7 Å². The maximum absolute atomic E-state index is 4.16. The van der Waals surface area contributed by atoms with Crippen LogP contribution >= 0.6 is 15.9 Å². The Kier molecular flexibility index (Phi) is 2.96. The molecule has 5 nitrogen and oxygen atoms in total. The van der Waals surface area contributed by atoms with Gasteiger partial charge in [0, 0.05) is 26.0 Å². The van der Waals surface area contributed by atoms with E-state index < -0.39 is 0 Å². The van der Waals surface area contributed by atoms with Crippen LogP contribution in [0, 0.1) is 0 Å². The molecule has 0 fully saturated rings. The second-order valence-corrected chi connectivity index (χ2v) is 3.75. The molecule has 78 valence electrons. The zero-order valence-electron chi connectivity index (χ0n) is 8.18. The Bertz CT molecular complexity index is 439. The molecule has 0 aliphatic rings. The molecule has 0 atom stereocenters. The molecule has 0 saturated heterocycles. The van der Waals surface area contributed by atoms with Crippen LogP contribution in [0.5, 0.6) is 0 Å². The van der Waals surface area contributed by atoms with Gasteiger partial charge < -0.3 is 5.32 Å². The highest BCUT2D eigenvalue weighted by molar-refractivity contribution is 9.10. The Balaban J connectivity index is 2.02. The van der Waals surface area contributed by atoms with E-state index in [0.29, 0.717) is 11.3 Å². The molecule has 0 saturated carbocycles. The van der Waals surface area contributed by atoms with Gasteiger partial charge in [-0.3, -0.25) is 4.98 Å². The molecule has 2 heterocycles. The van der Waals surface area contributed by atoms with E-state index in [1.54, 1.807) is 10.9 Å². The van der Waals surface area contributed by atoms with E-state index >= 15 is 0 Å². The topological polar surface area (TPSA) is 55.6 Å². The van der Waals surface area contributed by atoms with Gasteiger partial charge in [-0.05, 0) is 27.6 Å². The minimum atomic E-state index is 0.582. The smallest absolute Gasteiger partial charge is 0.222 e. The molecule has 0 bridgehead atoms. The van der Waals surface area contributed by atoms with Crippen LogP contribution in [0.1, 0.15) is 5.56 Å². The third-order valence-corrected chi connectivity index (χ3v) is 2.25. The van der Waals surface area contributed by atoms with Gasteiger partial charge in [0.15, 0.2) is 0 Å².